The van der Waals surface area contributed by atoms with E-state index < -0.39 is 50.6 Å². The fourth-order valence-corrected chi connectivity index (χ4v) is 7.22. The fraction of sp³-hybridized carbons (Fsp3) is 0.167. The van der Waals surface area contributed by atoms with E-state index in [0.717, 1.165) is 40.9 Å². The summed E-state index contributed by atoms with van der Waals surface area (Å²) in [4.78, 5) is 42.3. The number of carbonyl (C=O) groups is 2. The van der Waals surface area contributed by atoms with Crippen LogP contribution in [0.2, 0.25) is 0 Å². The molecule has 9 nitrogen and oxygen atoms in total. The number of rotatable bonds is 7. The summed E-state index contributed by atoms with van der Waals surface area (Å²) in [5.41, 5.74) is -0.180. The maximum Gasteiger partial charge on any atom is 0.416 e. The Hall–Kier alpha value is -4.69. The molecule has 1 aliphatic rings. The summed E-state index contributed by atoms with van der Waals surface area (Å²) in [6.07, 6.45) is -3.67. The highest BCUT2D eigenvalue weighted by Crippen LogP contribution is 2.45. The van der Waals surface area contributed by atoms with Crippen molar-refractivity contribution in [3.8, 4) is 0 Å². The number of aromatic nitrogens is 1. The number of hydrogen-bond acceptors (Lipinski definition) is 9. The van der Waals surface area contributed by atoms with Crippen molar-refractivity contribution >= 4 is 49.4 Å². The van der Waals surface area contributed by atoms with Crippen LogP contribution in [0.15, 0.2) is 98.8 Å². The Bertz CT molecular complexity index is 1900. The topological polar surface area (TPSA) is 134 Å². The SMILES string of the molecule is CC(C)c1ccc(C(O)=C2C(=O)C(=O)N(c3ncc(S(=O)(=O)c4ccc(N=O)cc4)s3)C2c2ccc(C(F)(F)F)cc2)cc1. The molecule has 1 amide bonds. The summed E-state index contributed by atoms with van der Waals surface area (Å²) in [7, 11) is -4.19. The van der Waals surface area contributed by atoms with Crippen LogP contribution in [0.25, 0.3) is 5.76 Å². The van der Waals surface area contributed by atoms with Crippen molar-refractivity contribution in [3.63, 3.8) is 0 Å². The number of halogens is 3. The number of alkyl halides is 3. The summed E-state index contributed by atoms with van der Waals surface area (Å²) in [5, 5.41) is 13.8. The molecule has 0 radical (unpaired) electrons. The molecule has 0 bridgehead atoms. The van der Waals surface area contributed by atoms with Gasteiger partial charge < -0.3 is 5.11 Å². The lowest BCUT2D eigenvalue weighted by molar-refractivity contribution is -0.137. The van der Waals surface area contributed by atoms with Crippen LogP contribution in [0.1, 0.15) is 48.1 Å². The molecule has 1 saturated heterocycles. The molecule has 1 fully saturated rings. The van der Waals surface area contributed by atoms with Gasteiger partial charge in [0, 0.05) is 5.56 Å². The molecule has 1 unspecified atom stereocenters. The number of nitroso groups, excluding NO2 is 1. The summed E-state index contributed by atoms with van der Waals surface area (Å²) >= 11 is 0.553. The van der Waals surface area contributed by atoms with E-state index in [2.05, 4.69) is 10.2 Å². The number of amides is 1. The smallest absolute Gasteiger partial charge is 0.416 e. The second-order valence-corrected chi connectivity index (χ2v) is 13.3. The Kier molecular flexibility index (Phi) is 7.99. The Morgan fingerprint density at radius 2 is 1.59 bits per heavy atom. The van der Waals surface area contributed by atoms with Gasteiger partial charge >= 0.3 is 12.1 Å². The van der Waals surface area contributed by atoms with E-state index >= 15 is 0 Å². The van der Waals surface area contributed by atoms with Crippen molar-refractivity contribution in [3.05, 3.63) is 112 Å². The number of anilines is 1. The van der Waals surface area contributed by atoms with Gasteiger partial charge in [-0.15, -0.1) is 4.91 Å². The van der Waals surface area contributed by atoms with Crippen LogP contribution in [0, 0.1) is 4.91 Å². The molecule has 226 valence electrons. The molecular weight excluding hydrogens is 619 g/mol. The normalized spacial score (nSPS) is 17.0. The second kappa shape index (κ2) is 11.4. The van der Waals surface area contributed by atoms with Crippen LogP contribution in [0.3, 0.4) is 0 Å². The van der Waals surface area contributed by atoms with Crippen molar-refractivity contribution in [2.24, 2.45) is 5.18 Å². The molecule has 1 aromatic heterocycles. The predicted molar refractivity (Wildman–Crippen MR) is 156 cm³/mol. The molecule has 1 aliphatic heterocycles. The van der Waals surface area contributed by atoms with Gasteiger partial charge in [-0.1, -0.05) is 61.6 Å². The van der Waals surface area contributed by atoms with Crippen molar-refractivity contribution in [2.75, 3.05) is 4.90 Å². The first-order valence-electron chi connectivity index (χ1n) is 13.0. The third-order valence-electron chi connectivity index (χ3n) is 7.04. The van der Waals surface area contributed by atoms with E-state index in [-0.39, 0.29) is 37.0 Å². The maximum absolute atomic E-state index is 13.4. The number of aliphatic hydroxyl groups is 1. The van der Waals surface area contributed by atoms with E-state index in [0.29, 0.717) is 11.3 Å². The minimum absolute atomic E-state index is 0.00692. The quantitative estimate of drug-likeness (QED) is 0.0981. The molecule has 2 heterocycles. The van der Waals surface area contributed by atoms with E-state index in [1.165, 1.54) is 24.3 Å². The molecule has 0 saturated carbocycles. The summed E-state index contributed by atoms with van der Waals surface area (Å²) < 4.78 is 66.2. The van der Waals surface area contributed by atoms with Gasteiger partial charge in [0.25, 0.3) is 5.78 Å². The lowest BCUT2D eigenvalue weighted by Crippen LogP contribution is -2.29. The zero-order chi connectivity index (χ0) is 32.0. The van der Waals surface area contributed by atoms with Crippen LogP contribution in [-0.2, 0) is 25.6 Å². The zero-order valence-corrected chi connectivity index (χ0v) is 24.6. The monoisotopic (exact) mass is 641 g/mol. The molecule has 0 aliphatic carbocycles. The Labute approximate surface area is 253 Å². The van der Waals surface area contributed by atoms with Gasteiger partial charge in [-0.2, -0.15) is 13.2 Å². The largest absolute Gasteiger partial charge is 0.507 e. The molecule has 1 atom stereocenters. The number of carbonyl (C=O) groups excluding carboxylic acids is 2. The van der Waals surface area contributed by atoms with Crippen LogP contribution in [0.4, 0.5) is 24.0 Å². The van der Waals surface area contributed by atoms with Gasteiger partial charge in [-0.05, 0) is 58.6 Å². The van der Waals surface area contributed by atoms with Gasteiger partial charge in [-0.25, -0.2) is 13.4 Å². The lowest BCUT2D eigenvalue weighted by Gasteiger charge is -2.23. The number of ketones is 1. The molecular formula is C30H22F3N3O6S2. The highest BCUT2D eigenvalue weighted by atomic mass is 32.2. The number of hydrogen-bond donors (Lipinski definition) is 1. The molecule has 5 rings (SSSR count). The third kappa shape index (κ3) is 5.53. The van der Waals surface area contributed by atoms with E-state index in [1.807, 2.05) is 13.8 Å². The zero-order valence-electron chi connectivity index (χ0n) is 22.9. The van der Waals surface area contributed by atoms with Crippen LogP contribution >= 0.6 is 11.3 Å². The van der Waals surface area contributed by atoms with E-state index in [4.69, 9.17) is 0 Å². The predicted octanol–water partition coefficient (Wildman–Crippen LogP) is 7.14. The number of aliphatic hydroxyl groups excluding tert-OH is 1. The highest BCUT2D eigenvalue weighted by Gasteiger charge is 2.48. The summed E-state index contributed by atoms with van der Waals surface area (Å²) in [5.74, 6) is -2.68. The highest BCUT2D eigenvalue weighted by molar-refractivity contribution is 7.93. The van der Waals surface area contributed by atoms with E-state index in [9.17, 15) is 41.2 Å². The number of thiazole rings is 1. The first-order valence-corrected chi connectivity index (χ1v) is 15.3. The first kappa shape index (κ1) is 30.8. The molecule has 14 heteroatoms. The third-order valence-corrected chi connectivity index (χ3v) is 10.3. The molecule has 44 heavy (non-hydrogen) atoms. The van der Waals surface area contributed by atoms with Crippen molar-refractivity contribution < 1.29 is 36.3 Å². The Morgan fingerprint density at radius 3 is 2.14 bits per heavy atom. The number of sulfone groups is 1. The second-order valence-electron chi connectivity index (χ2n) is 10.1. The molecule has 3 aromatic carbocycles. The number of benzene rings is 3. The summed E-state index contributed by atoms with van der Waals surface area (Å²) in [6, 6.07) is 13.6. The van der Waals surface area contributed by atoms with Crippen LogP contribution in [-0.4, -0.2) is 30.2 Å². The average molecular weight is 642 g/mol. The Balaban J connectivity index is 1.64. The lowest BCUT2D eigenvalue weighted by atomic mass is 9.94. The molecule has 4 aromatic rings. The van der Waals surface area contributed by atoms with Crippen molar-refractivity contribution in [1.82, 2.24) is 4.98 Å². The Morgan fingerprint density at radius 1 is 0.977 bits per heavy atom. The minimum Gasteiger partial charge on any atom is -0.507 e. The van der Waals surface area contributed by atoms with Crippen LogP contribution < -0.4 is 4.90 Å². The average Bonchev–Trinajstić information content (AvgIpc) is 3.60. The van der Waals surface area contributed by atoms with Gasteiger partial charge in [-0.3, -0.25) is 14.5 Å². The molecule has 1 N–H and O–H groups in total. The minimum atomic E-state index is -4.66. The fourth-order valence-electron chi connectivity index (χ4n) is 4.67. The summed E-state index contributed by atoms with van der Waals surface area (Å²) in [6.45, 7) is 3.93. The van der Waals surface area contributed by atoms with Gasteiger partial charge in [0.2, 0.25) is 9.84 Å². The first-order chi connectivity index (χ1) is 20.7. The van der Waals surface area contributed by atoms with Crippen molar-refractivity contribution in [2.45, 2.75) is 41.1 Å². The number of Topliss-reactive ketones (excluding diaryl/α,β-unsaturated/α-hetero) is 1. The van der Waals surface area contributed by atoms with Crippen LogP contribution in [0.5, 0.6) is 0 Å². The van der Waals surface area contributed by atoms with E-state index in [1.54, 1.807) is 24.3 Å². The molecule has 0 spiro atoms. The van der Waals surface area contributed by atoms with Gasteiger partial charge in [0.15, 0.2) is 5.13 Å². The van der Waals surface area contributed by atoms with Gasteiger partial charge in [0.05, 0.1) is 28.3 Å². The van der Waals surface area contributed by atoms with Gasteiger partial charge in [0.1, 0.15) is 15.7 Å². The number of nitrogens with zero attached hydrogens (tertiary/aromatic N) is 3. The standard InChI is InChI=1S/C30H22F3N3O6S2/c1-16(2)17-3-5-19(6-4-17)26(37)24-25(18-7-9-20(10-8-18)30(31,32)33)36(28(39)27(24)38)29-34-15-23(43-29)44(41,42)22-13-11-21(35-40)12-14-22/h3-16,25,37H,1-2H3. The maximum atomic E-state index is 13.4. The van der Waals surface area contributed by atoms with Crippen molar-refractivity contribution in [1.29, 1.82) is 0 Å².